The highest BCUT2D eigenvalue weighted by molar-refractivity contribution is 5.80. The molecule has 1 heterocycles. The van der Waals surface area contributed by atoms with Crippen molar-refractivity contribution >= 4 is 12.1 Å². The van der Waals surface area contributed by atoms with Gasteiger partial charge in [0.05, 0.1) is 12.0 Å². The minimum Gasteiger partial charge on any atom is -0.480 e. The second-order valence-electron chi connectivity index (χ2n) is 3.66. The maximum absolute atomic E-state index is 11.2. The molecule has 1 atom stereocenters. The van der Waals surface area contributed by atoms with E-state index in [0.717, 1.165) is 0 Å². The van der Waals surface area contributed by atoms with Crippen molar-refractivity contribution in [3.05, 3.63) is 30.9 Å². The number of carboxylic acid groups (broad SMARTS) is 1. The summed E-state index contributed by atoms with van der Waals surface area (Å²) in [5, 5.41) is 11.2. The molecule has 1 aromatic rings. The minimum atomic E-state index is -1.14. The molecule has 0 aliphatic rings. The van der Waals surface area contributed by atoms with E-state index in [2.05, 4.69) is 21.6 Å². The number of ether oxygens (including phenoxy) is 1. The van der Waals surface area contributed by atoms with Crippen LogP contribution in [-0.2, 0) is 23.0 Å². The number of carbonyl (C=O) groups is 2. The molecule has 0 bridgehead atoms. The largest absolute Gasteiger partial charge is 0.480 e. The summed E-state index contributed by atoms with van der Waals surface area (Å²) in [4.78, 5) is 26.2. The molecule has 7 heteroatoms. The van der Waals surface area contributed by atoms with Crippen molar-refractivity contribution in [1.82, 2.24) is 14.9 Å². The highest BCUT2D eigenvalue weighted by Gasteiger charge is 2.21. The third-order valence-corrected chi connectivity index (χ3v) is 2.09. The lowest BCUT2D eigenvalue weighted by molar-refractivity contribution is -0.139. The summed E-state index contributed by atoms with van der Waals surface area (Å²) >= 11 is 0. The van der Waals surface area contributed by atoms with Gasteiger partial charge in [-0.2, -0.15) is 0 Å². The summed E-state index contributed by atoms with van der Waals surface area (Å²) in [5.41, 5.74) is 0.578. The van der Waals surface area contributed by atoms with Gasteiger partial charge in [0.1, 0.15) is 12.6 Å². The molecule has 0 unspecified atom stereocenters. The van der Waals surface area contributed by atoms with Crippen LogP contribution >= 0.6 is 0 Å². The summed E-state index contributed by atoms with van der Waals surface area (Å²) in [6.07, 6.45) is 3.95. The second-order valence-corrected chi connectivity index (χ2v) is 3.66. The van der Waals surface area contributed by atoms with Crippen LogP contribution in [0.4, 0.5) is 4.79 Å². The molecule has 2 N–H and O–H groups in total. The van der Waals surface area contributed by atoms with E-state index in [1.807, 2.05) is 0 Å². The first-order chi connectivity index (χ1) is 8.52. The summed E-state index contributed by atoms with van der Waals surface area (Å²) in [7, 11) is 1.78. The molecule has 1 rings (SSSR count). The van der Waals surface area contributed by atoms with E-state index < -0.39 is 18.1 Å². The van der Waals surface area contributed by atoms with Crippen LogP contribution in [0.1, 0.15) is 5.69 Å². The number of aryl methyl sites for hydroxylation is 1. The van der Waals surface area contributed by atoms with Gasteiger partial charge in [0, 0.05) is 19.7 Å². The lowest BCUT2D eigenvalue weighted by Crippen LogP contribution is -2.42. The molecule has 0 aliphatic carbocycles. The van der Waals surface area contributed by atoms with Gasteiger partial charge in [0.25, 0.3) is 0 Å². The Morgan fingerprint density at radius 3 is 2.94 bits per heavy atom. The van der Waals surface area contributed by atoms with Crippen LogP contribution in [0, 0.1) is 0 Å². The number of carbonyl (C=O) groups excluding carboxylic acids is 1. The van der Waals surface area contributed by atoms with Gasteiger partial charge in [0.15, 0.2) is 0 Å². The number of carboxylic acids is 1. The van der Waals surface area contributed by atoms with Gasteiger partial charge in [-0.05, 0) is 0 Å². The Labute approximate surface area is 104 Å². The Balaban J connectivity index is 2.57. The van der Waals surface area contributed by atoms with Gasteiger partial charge in [-0.1, -0.05) is 12.7 Å². The van der Waals surface area contributed by atoms with E-state index in [9.17, 15) is 9.59 Å². The van der Waals surface area contributed by atoms with Crippen molar-refractivity contribution in [3.8, 4) is 0 Å². The van der Waals surface area contributed by atoms with Crippen molar-refractivity contribution in [2.24, 2.45) is 7.05 Å². The number of nitrogens with one attached hydrogen (secondary N) is 1. The molecule has 98 valence electrons. The van der Waals surface area contributed by atoms with Gasteiger partial charge in [-0.25, -0.2) is 14.6 Å². The van der Waals surface area contributed by atoms with Gasteiger partial charge in [0.2, 0.25) is 0 Å². The third-order valence-electron chi connectivity index (χ3n) is 2.09. The molecular weight excluding hydrogens is 238 g/mol. The van der Waals surface area contributed by atoms with E-state index in [1.54, 1.807) is 24.1 Å². The average molecular weight is 253 g/mol. The Kier molecular flexibility index (Phi) is 4.91. The lowest BCUT2D eigenvalue weighted by atomic mass is 10.2. The third kappa shape index (κ3) is 4.28. The maximum atomic E-state index is 11.2. The zero-order chi connectivity index (χ0) is 13.5. The molecule has 0 radical (unpaired) electrons. The molecule has 0 aliphatic heterocycles. The summed E-state index contributed by atoms with van der Waals surface area (Å²) in [6.45, 7) is 3.41. The van der Waals surface area contributed by atoms with Crippen LogP contribution in [0.2, 0.25) is 0 Å². The number of hydrogen-bond acceptors (Lipinski definition) is 4. The van der Waals surface area contributed by atoms with Crippen molar-refractivity contribution in [2.45, 2.75) is 12.5 Å². The molecule has 0 saturated carbocycles. The zero-order valence-electron chi connectivity index (χ0n) is 10.00. The number of nitrogens with zero attached hydrogens (tertiary/aromatic N) is 2. The van der Waals surface area contributed by atoms with Crippen molar-refractivity contribution < 1.29 is 19.4 Å². The summed E-state index contributed by atoms with van der Waals surface area (Å²) < 4.78 is 6.36. The van der Waals surface area contributed by atoms with Crippen LogP contribution in [0.15, 0.2) is 25.2 Å². The molecule has 7 nitrogen and oxygen atoms in total. The minimum absolute atomic E-state index is 0.0295. The fourth-order valence-electron chi connectivity index (χ4n) is 1.30. The van der Waals surface area contributed by atoms with E-state index in [4.69, 9.17) is 5.11 Å². The Morgan fingerprint density at radius 2 is 2.44 bits per heavy atom. The standard InChI is InChI=1S/C11H15N3O4/c1-3-4-18-11(17)13-9(10(15)16)5-8-6-14(2)7-12-8/h3,6-7,9H,1,4-5H2,2H3,(H,13,17)(H,15,16)/t9-/m0/s1. The normalized spacial score (nSPS) is 11.6. The summed E-state index contributed by atoms with van der Waals surface area (Å²) in [6, 6.07) is -1.07. The zero-order valence-corrected chi connectivity index (χ0v) is 10.00. The predicted octanol–water partition coefficient (Wildman–Crippen LogP) is 0.328. The average Bonchev–Trinajstić information content (AvgIpc) is 2.71. The molecule has 1 amide bonds. The van der Waals surface area contributed by atoms with Crippen molar-refractivity contribution in [3.63, 3.8) is 0 Å². The Hall–Kier alpha value is -2.31. The molecule has 0 spiro atoms. The molecular formula is C11H15N3O4. The van der Waals surface area contributed by atoms with Crippen LogP contribution < -0.4 is 5.32 Å². The molecule has 1 aromatic heterocycles. The fraction of sp³-hybridized carbons (Fsp3) is 0.364. The van der Waals surface area contributed by atoms with E-state index in [1.165, 1.54) is 6.08 Å². The van der Waals surface area contributed by atoms with Crippen LogP contribution in [0.3, 0.4) is 0 Å². The number of imidazole rings is 1. The van der Waals surface area contributed by atoms with Crippen molar-refractivity contribution in [2.75, 3.05) is 6.61 Å². The number of aromatic nitrogens is 2. The number of alkyl carbamates (subject to hydrolysis) is 1. The molecule has 0 saturated heterocycles. The van der Waals surface area contributed by atoms with Crippen LogP contribution in [0.25, 0.3) is 0 Å². The highest BCUT2D eigenvalue weighted by Crippen LogP contribution is 2.01. The first kappa shape index (κ1) is 13.8. The predicted molar refractivity (Wildman–Crippen MR) is 63.0 cm³/mol. The fourth-order valence-corrected chi connectivity index (χ4v) is 1.30. The Morgan fingerprint density at radius 1 is 1.72 bits per heavy atom. The first-order valence-electron chi connectivity index (χ1n) is 5.26. The van der Waals surface area contributed by atoms with Gasteiger partial charge < -0.3 is 19.7 Å². The van der Waals surface area contributed by atoms with E-state index >= 15 is 0 Å². The van der Waals surface area contributed by atoms with Gasteiger partial charge >= 0.3 is 12.1 Å². The highest BCUT2D eigenvalue weighted by atomic mass is 16.5. The SMILES string of the molecule is C=CCOC(=O)N[C@@H](Cc1cn(C)cn1)C(=O)O. The summed E-state index contributed by atoms with van der Waals surface area (Å²) in [5.74, 6) is -1.14. The number of hydrogen-bond donors (Lipinski definition) is 2. The monoisotopic (exact) mass is 253 g/mol. The lowest BCUT2D eigenvalue weighted by Gasteiger charge is -2.12. The van der Waals surface area contributed by atoms with Gasteiger partial charge in [-0.3, -0.25) is 0 Å². The molecule has 0 fully saturated rings. The molecule has 0 aromatic carbocycles. The van der Waals surface area contributed by atoms with Gasteiger partial charge in [-0.15, -0.1) is 0 Å². The van der Waals surface area contributed by atoms with Crippen LogP contribution in [0.5, 0.6) is 0 Å². The van der Waals surface area contributed by atoms with E-state index in [0.29, 0.717) is 5.69 Å². The smallest absolute Gasteiger partial charge is 0.408 e. The topological polar surface area (TPSA) is 93.5 Å². The number of rotatable bonds is 6. The quantitative estimate of drug-likeness (QED) is 0.712. The van der Waals surface area contributed by atoms with Crippen LogP contribution in [-0.4, -0.2) is 39.4 Å². The number of aliphatic carboxylic acids is 1. The second kappa shape index (κ2) is 6.43. The number of amides is 1. The molecule has 18 heavy (non-hydrogen) atoms. The first-order valence-corrected chi connectivity index (χ1v) is 5.26. The Bertz CT molecular complexity index is 441. The maximum Gasteiger partial charge on any atom is 0.408 e. The van der Waals surface area contributed by atoms with Crippen molar-refractivity contribution in [1.29, 1.82) is 0 Å². The van der Waals surface area contributed by atoms with E-state index in [-0.39, 0.29) is 13.0 Å².